The molecule has 0 aromatic heterocycles. The molecule has 0 radical (unpaired) electrons. The maximum Gasteiger partial charge on any atom is 0.145 e. The van der Waals surface area contributed by atoms with E-state index in [1.807, 2.05) is 30.3 Å². The number of thiol groups is 3. The van der Waals surface area contributed by atoms with Crippen molar-refractivity contribution in [2.75, 3.05) is 5.32 Å². The Morgan fingerprint density at radius 1 is 1.15 bits per heavy atom. The van der Waals surface area contributed by atoms with Crippen molar-refractivity contribution in [3.63, 3.8) is 0 Å². The van der Waals surface area contributed by atoms with Gasteiger partial charge in [0.2, 0.25) is 0 Å². The summed E-state index contributed by atoms with van der Waals surface area (Å²) in [5.74, 6) is 0. The average molecular weight is 227 g/mol. The Kier molecular flexibility index (Phi) is 2.30. The molecule has 0 fully saturated rings. The Morgan fingerprint density at radius 2 is 1.85 bits per heavy atom. The fraction of sp³-hybridized carbons (Fsp3) is 0.111. The van der Waals surface area contributed by atoms with Gasteiger partial charge in [0, 0.05) is 16.2 Å². The molecule has 0 unspecified atom stereocenters. The first-order chi connectivity index (χ1) is 6.08. The second kappa shape index (κ2) is 3.19. The van der Waals surface area contributed by atoms with Crippen LogP contribution in [0.1, 0.15) is 5.56 Å². The Hall–Kier alpha value is -0.190. The lowest BCUT2D eigenvalue weighted by Gasteiger charge is -2.28. The van der Waals surface area contributed by atoms with Gasteiger partial charge in [0.25, 0.3) is 0 Å². The minimum absolute atomic E-state index is 0.606. The second-order valence-corrected chi connectivity index (χ2v) is 5.17. The van der Waals surface area contributed by atoms with Gasteiger partial charge >= 0.3 is 0 Å². The van der Waals surface area contributed by atoms with Crippen molar-refractivity contribution in [3.8, 4) is 0 Å². The summed E-state index contributed by atoms with van der Waals surface area (Å²) in [5.41, 5.74) is 2.10. The lowest BCUT2D eigenvalue weighted by Crippen LogP contribution is -2.25. The van der Waals surface area contributed by atoms with Crippen LogP contribution in [0.15, 0.2) is 30.3 Å². The fourth-order valence-corrected chi connectivity index (χ4v) is 2.41. The van der Waals surface area contributed by atoms with Crippen LogP contribution in [0, 0.1) is 0 Å². The van der Waals surface area contributed by atoms with Crippen molar-refractivity contribution in [3.05, 3.63) is 35.9 Å². The summed E-state index contributed by atoms with van der Waals surface area (Å²) < 4.78 is -0.606. The van der Waals surface area contributed by atoms with Gasteiger partial charge in [0.05, 0.1) is 0 Å². The molecule has 1 aromatic rings. The van der Waals surface area contributed by atoms with E-state index in [-0.39, 0.29) is 0 Å². The van der Waals surface area contributed by atoms with Crippen molar-refractivity contribution >= 4 is 48.5 Å². The first-order valence-corrected chi connectivity index (χ1v) is 5.17. The zero-order valence-electron chi connectivity index (χ0n) is 6.73. The summed E-state index contributed by atoms with van der Waals surface area (Å²) in [5, 5.41) is 3.17. The third kappa shape index (κ3) is 1.85. The first kappa shape index (κ1) is 9.37. The normalized spacial score (nSPS) is 18.5. The molecule has 0 spiro atoms. The summed E-state index contributed by atoms with van der Waals surface area (Å²) in [7, 11) is 0. The van der Waals surface area contributed by atoms with Gasteiger partial charge in [0.1, 0.15) is 4.20 Å². The average Bonchev–Trinajstić information content (AvgIpc) is 2.02. The van der Waals surface area contributed by atoms with Gasteiger partial charge in [-0.05, 0) is 12.1 Å². The number of benzene rings is 1. The van der Waals surface area contributed by atoms with E-state index in [4.69, 9.17) is 0 Å². The Balaban J connectivity index is 2.55. The lowest BCUT2D eigenvalue weighted by atomic mass is 10.1. The molecule has 0 amide bonds. The second-order valence-electron chi connectivity index (χ2n) is 2.93. The molecule has 2 rings (SSSR count). The van der Waals surface area contributed by atoms with E-state index >= 15 is 0 Å². The minimum Gasteiger partial charge on any atom is -0.359 e. The van der Waals surface area contributed by atoms with E-state index < -0.39 is 4.20 Å². The monoisotopic (exact) mass is 227 g/mol. The quantitative estimate of drug-likeness (QED) is 0.395. The standard InChI is InChI=1S/C9H9NS3/c11-8-5-9(12,13)10-7-4-2-1-3-6(7)8/h1-5,10-13H. The number of anilines is 1. The van der Waals surface area contributed by atoms with E-state index in [1.165, 1.54) is 0 Å². The Labute approximate surface area is 93.8 Å². The highest BCUT2D eigenvalue weighted by Gasteiger charge is 2.23. The van der Waals surface area contributed by atoms with E-state index in [1.54, 1.807) is 0 Å². The van der Waals surface area contributed by atoms with Crippen molar-refractivity contribution in [2.24, 2.45) is 0 Å². The molecule has 1 aromatic carbocycles. The van der Waals surface area contributed by atoms with Crippen LogP contribution < -0.4 is 5.32 Å². The highest BCUT2D eigenvalue weighted by atomic mass is 32.2. The number of hydrogen-bond acceptors (Lipinski definition) is 4. The van der Waals surface area contributed by atoms with Crippen molar-refractivity contribution < 1.29 is 0 Å². The van der Waals surface area contributed by atoms with Crippen molar-refractivity contribution in [2.45, 2.75) is 4.20 Å². The summed E-state index contributed by atoms with van der Waals surface area (Å²) in [4.78, 5) is 0.902. The molecule has 0 saturated carbocycles. The molecule has 0 atom stereocenters. The molecule has 1 N–H and O–H groups in total. The Bertz CT molecular complexity index is 371. The summed E-state index contributed by atoms with van der Waals surface area (Å²) in [6.45, 7) is 0. The zero-order valence-corrected chi connectivity index (χ0v) is 9.41. The van der Waals surface area contributed by atoms with Gasteiger partial charge in [-0.2, -0.15) is 0 Å². The molecule has 0 saturated heterocycles. The highest BCUT2D eigenvalue weighted by molar-refractivity contribution is 8.01. The minimum atomic E-state index is -0.606. The molecule has 1 heterocycles. The fourth-order valence-electron chi connectivity index (χ4n) is 1.32. The molecule has 68 valence electrons. The first-order valence-electron chi connectivity index (χ1n) is 3.83. The third-order valence-electron chi connectivity index (χ3n) is 1.86. The predicted molar refractivity (Wildman–Crippen MR) is 67.7 cm³/mol. The molecule has 1 aliphatic rings. The van der Waals surface area contributed by atoms with E-state index in [2.05, 4.69) is 43.2 Å². The molecule has 0 aliphatic carbocycles. The highest BCUT2D eigenvalue weighted by Crippen LogP contribution is 2.38. The van der Waals surface area contributed by atoms with Crippen LogP contribution in [0.25, 0.3) is 4.91 Å². The van der Waals surface area contributed by atoms with Gasteiger partial charge in [-0.15, -0.1) is 37.9 Å². The predicted octanol–water partition coefficient (Wildman–Crippen LogP) is 2.90. The van der Waals surface area contributed by atoms with Gasteiger partial charge < -0.3 is 5.32 Å². The van der Waals surface area contributed by atoms with Crippen molar-refractivity contribution in [1.29, 1.82) is 0 Å². The molecule has 0 bridgehead atoms. The number of nitrogens with one attached hydrogen (secondary N) is 1. The zero-order chi connectivity index (χ0) is 9.47. The van der Waals surface area contributed by atoms with Gasteiger partial charge in [-0.1, -0.05) is 18.2 Å². The summed E-state index contributed by atoms with van der Waals surface area (Å²) >= 11 is 13.0. The maximum atomic E-state index is 4.38. The van der Waals surface area contributed by atoms with Crippen LogP contribution in [-0.2, 0) is 0 Å². The van der Waals surface area contributed by atoms with Crippen LogP contribution in [0.2, 0.25) is 0 Å². The summed E-state index contributed by atoms with van der Waals surface area (Å²) in [6.07, 6.45) is 1.87. The van der Waals surface area contributed by atoms with E-state index in [0.29, 0.717) is 0 Å². The SMILES string of the molecule is SC1=CC(S)(S)Nc2ccccc21. The maximum absolute atomic E-state index is 4.38. The lowest BCUT2D eigenvalue weighted by molar-refractivity contribution is 1.17. The van der Waals surface area contributed by atoms with Gasteiger partial charge in [0.15, 0.2) is 0 Å². The summed E-state index contributed by atoms with van der Waals surface area (Å²) in [6, 6.07) is 7.95. The van der Waals surface area contributed by atoms with Crippen LogP contribution in [-0.4, -0.2) is 4.20 Å². The number of para-hydroxylation sites is 1. The number of hydrogen-bond donors (Lipinski definition) is 4. The van der Waals surface area contributed by atoms with Crippen LogP contribution >= 0.6 is 37.9 Å². The number of fused-ring (bicyclic) bond motifs is 1. The van der Waals surface area contributed by atoms with Crippen LogP contribution in [0.3, 0.4) is 0 Å². The third-order valence-corrected chi connectivity index (χ3v) is 2.71. The molecule has 1 aliphatic heterocycles. The molecule has 1 nitrogen and oxygen atoms in total. The molecule has 4 heteroatoms. The molecular formula is C9H9NS3. The Morgan fingerprint density at radius 3 is 2.62 bits per heavy atom. The smallest absolute Gasteiger partial charge is 0.145 e. The van der Waals surface area contributed by atoms with Gasteiger partial charge in [-0.25, -0.2) is 0 Å². The number of rotatable bonds is 0. The van der Waals surface area contributed by atoms with Gasteiger partial charge in [-0.3, -0.25) is 0 Å². The van der Waals surface area contributed by atoms with Crippen LogP contribution in [0.4, 0.5) is 5.69 Å². The van der Waals surface area contributed by atoms with E-state index in [0.717, 1.165) is 16.2 Å². The molecular weight excluding hydrogens is 218 g/mol. The van der Waals surface area contributed by atoms with Crippen LogP contribution in [0.5, 0.6) is 0 Å². The molecule has 13 heavy (non-hydrogen) atoms. The topological polar surface area (TPSA) is 12.0 Å². The largest absolute Gasteiger partial charge is 0.359 e. The van der Waals surface area contributed by atoms with Crippen molar-refractivity contribution in [1.82, 2.24) is 0 Å². The van der Waals surface area contributed by atoms with E-state index in [9.17, 15) is 0 Å².